The number of fused-ring (bicyclic) bond motifs is 3. The largest absolute Gasteiger partial charge is 0.302 e. The fourth-order valence-corrected chi connectivity index (χ4v) is 6.47. The van der Waals surface area contributed by atoms with Crippen LogP contribution in [0.2, 0.25) is 0 Å². The number of rotatable bonds is 4. The summed E-state index contributed by atoms with van der Waals surface area (Å²) >= 11 is 1.43. The standard InChI is InChI=1S/C23H21N3O3S2/c27-22(17-8-6-14-26(15-17)31(28,29)18-9-2-1-3-10-18)25-23-24-21-19-11-5-4-7-16(19)12-13-20(21)30-23/h1-5,7,9-13,17H,6,8,14-15H2,(H,24,25,27). The molecule has 31 heavy (non-hydrogen) atoms. The Kier molecular flexibility index (Phi) is 5.21. The van der Waals surface area contributed by atoms with Crippen molar-refractivity contribution in [2.24, 2.45) is 5.92 Å². The number of carbonyl (C=O) groups is 1. The van der Waals surface area contributed by atoms with Crippen molar-refractivity contribution in [2.75, 3.05) is 18.4 Å². The summed E-state index contributed by atoms with van der Waals surface area (Å²) < 4.78 is 28.3. The van der Waals surface area contributed by atoms with Gasteiger partial charge in [0.15, 0.2) is 5.13 Å². The second kappa shape index (κ2) is 8.03. The first-order valence-electron chi connectivity index (χ1n) is 10.2. The number of aromatic nitrogens is 1. The Morgan fingerprint density at radius 2 is 1.81 bits per heavy atom. The summed E-state index contributed by atoms with van der Waals surface area (Å²) in [5, 5.41) is 5.62. The van der Waals surface area contributed by atoms with Crippen LogP contribution in [-0.2, 0) is 14.8 Å². The quantitative estimate of drug-likeness (QED) is 0.496. The first-order valence-corrected chi connectivity index (χ1v) is 12.4. The lowest BCUT2D eigenvalue weighted by Crippen LogP contribution is -2.43. The van der Waals surface area contributed by atoms with Gasteiger partial charge in [-0.15, -0.1) is 0 Å². The maximum atomic E-state index is 13.0. The number of nitrogens with zero attached hydrogens (tertiary/aromatic N) is 2. The van der Waals surface area contributed by atoms with Crippen LogP contribution in [0.4, 0.5) is 5.13 Å². The molecule has 1 N–H and O–H groups in total. The lowest BCUT2D eigenvalue weighted by Gasteiger charge is -2.31. The minimum absolute atomic E-state index is 0.177. The molecule has 8 heteroatoms. The zero-order chi connectivity index (χ0) is 21.4. The number of anilines is 1. The number of hydrogen-bond donors (Lipinski definition) is 1. The molecule has 1 fully saturated rings. The van der Waals surface area contributed by atoms with Crippen molar-refractivity contribution in [1.29, 1.82) is 0 Å². The number of amides is 1. The third-order valence-corrected chi connectivity index (χ3v) is 8.46. The highest BCUT2D eigenvalue weighted by Crippen LogP contribution is 2.32. The molecule has 3 aromatic carbocycles. The predicted molar refractivity (Wildman–Crippen MR) is 124 cm³/mol. The van der Waals surface area contributed by atoms with Crippen molar-refractivity contribution in [2.45, 2.75) is 17.7 Å². The van der Waals surface area contributed by atoms with Crippen LogP contribution < -0.4 is 5.32 Å². The topological polar surface area (TPSA) is 79.4 Å². The summed E-state index contributed by atoms with van der Waals surface area (Å²) in [6, 6.07) is 20.5. The van der Waals surface area contributed by atoms with Gasteiger partial charge in [0.1, 0.15) is 0 Å². The molecule has 0 saturated carbocycles. The van der Waals surface area contributed by atoms with Gasteiger partial charge in [-0.2, -0.15) is 4.31 Å². The average molecular weight is 452 g/mol. The van der Waals surface area contributed by atoms with E-state index in [1.807, 2.05) is 30.3 Å². The van der Waals surface area contributed by atoms with Crippen molar-refractivity contribution in [3.05, 3.63) is 66.7 Å². The maximum Gasteiger partial charge on any atom is 0.243 e. The molecule has 1 saturated heterocycles. The summed E-state index contributed by atoms with van der Waals surface area (Å²) in [6.45, 7) is 0.602. The van der Waals surface area contributed by atoms with Gasteiger partial charge in [0, 0.05) is 18.5 Å². The summed E-state index contributed by atoms with van der Waals surface area (Å²) in [5.74, 6) is -0.590. The Bertz CT molecular complexity index is 1370. The highest BCUT2D eigenvalue weighted by atomic mass is 32.2. The number of thiazole rings is 1. The molecule has 1 amide bonds. The van der Waals surface area contributed by atoms with Crippen LogP contribution in [0, 0.1) is 5.92 Å². The third-order valence-electron chi connectivity index (χ3n) is 5.65. The van der Waals surface area contributed by atoms with E-state index in [1.165, 1.54) is 15.6 Å². The van der Waals surface area contributed by atoms with E-state index in [0.29, 0.717) is 24.5 Å². The Morgan fingerprint density at radius 3 is 2.65 bits per heavy atom. The Morgan fingerprint density at radius 1 is 1.03 bits per heavy atom. The molecular weight excluding hydrogens is 430 g/mol. The monoisotopic (exact) mass is 451 g/mol. The van der Waals surface area contributed by atoms with Gasteiger partial charge in [-0.05, 0) is 36.4 Å². The van der Waals surface area contributed by atoms with Gasteiger partial charge in [0.05, 0.1) is 21.0 Å². The molecule has 1 aliphatic rings. The fourth-order valence-electron chi connectivity index (χ4n) is 4.04. The lowest BCUT2D eigenvalue weighted by atomic mass is 9.99. The average Bonchev–Trinajstić information content (AvgIpc) is 3.23. The van der Waals surface area contributed by atoms with Crippen LogP contribution in [-0.4, -0.2) is 36.7 Å². The van der Waals surface area contributed by atoms with Crippen LogP contribution in [0.25, 0.3) is 21.0 Å². The van der Waals surface area contributed by atoms with E-state index in [9.17, 15) is 13.2 Å². The first-order chi connectivity index (χ1) is 15.0. The van der Waals surface area contributed by atoms with E-state index in [2.05, 4.69) is 16.4 Å². The van der Waals surface area contributed by atoms with Gasteiger partial charge < -0.3 is 5.32 Å². The third kappa shape index (κ3) is 3.82. The maximum absolute atomic E-state index is 13.0. The molecule has 1 unspecified atom stereocenters. The predicted octanol–water partition coefficient (Wildman–Crippen LogP) is 4.49. The van der Waals surface area contributed by atoms with Crippen molar-refractivity contribution < 1.29 is 13.2 Å². The van der Waals surface area contributed by atoms with Crippen molar-refractivity contribution in [3.63, 3.8) is 0 Å². The highest BCUT2D eigenvalue weighted by Gasteiger charge is 2.33. The number of piperidine rings is 1. The summed E-state index contributed by atoms with van der Waals surface area (Å²) in [4.78, 5) is 17.9. The first kappa shape index (κ1) is 20.1. The highest BCUT2D eigenvalue weighted by molar-refractivity contribution is 7.89. The molecule has 0 spiro atoms. The molecule has 4 aromatic rings. The van der Waals surface area contributed by atoms with Crippen LogP contribution in [0.5, 0.6) is 0 Å². The van der Waals surface area contributed by atoms with Gasteiger partial charge in [-0.3, -0.25) is 4.79 Å². The fraction of sp³-hybridized carbons (Fsp3) is 0.217. The summed E-state index contributed by atoms with van der Waals surface area (Å²) in [6.07, 6.45) is 1.30. The molecule has 0 radical (unpaired) electrons. The molecule has 0 bridgehead atoms. The van der Waals surface area contributed by atoms with E-state index in [0.717, 1.165) is 21.0 Å². The smallest absolute Gasteiger partial charge is 0.243 e. The summed E-state index contributed by atoms with van der Waals surface area (Å²) in [7, 11) is -3.61. The van der Waals surface area contributed by atoms with Crippen LogP contribution in [0.1, 0.15) is 12.8 Å². The van der Waals surface area contributed by atoms with Gasteiger partial charge >= 0.3 is 0 Å². The number of hydrogen-bond acceptors (Lipinski definition) is 5. The minimum Gasteiger partial charge on any atom is -0.302 e. The van der Waals surface area contributed by atoms with Gasteiger partial charge in [-0.25, -0.2) is 13.4 Å². The lowest BCUT2D eigenvalue weighted by molar-refractivity contribution is -0.120. The second-order valence-electron chi connectivity index (χ2n) is 7.66. The van der Waals surface area contributed by atoms with E-state index < -0.39 is 15.9 Å². The van der Waals surface area contributed by atoms with Crippen molar-refractivity contribution >= 4 is 53.4 Å². The molecule has 0 aliphatic carbocycles. The summed E-state index contributed by atoms with van der Waals surface area (Å²) in [5.41, 5.74) is 0.871. The molecule has 1 atom stereocenters. The van der Waals surface area contributed by atoms with Crippen molar-refractivity contribution in [1.82, 2.24) is 9.29 Å². The molecule has 5 rings (SSSR count). The molecular formula is C23H21N3O3S2. The van der Waals surface area contributed by atoms with Crippen LogP contribution >= 0.6 is 11.3 Å². The van der Waals surface area contributed by atoms with Gasteiger partial charge in [0.25, 0.3) is 0 Å². The Balaban J connectivity index is 1.35. The molecule has 1 aromatic heterocycles. The van der Waals surface area contributed by atoms with Crippen LogP contribution in [0.15, 0.2) is 71.6 Å². The Labute approximate surface area is 184 Å². The van der Waals surface area contributed by atoms with Crippen molar-refractivity contribution in [3.8, 4) is 0 Å². The molecule has 158 valence electrons. The molecule has 2 heterocycles. The van der Waals surface area contributed by atoms with E-state index in [1.54, 1.807) is 30.3 Å². The van der Waals surface area contributed by atoms with E-state index >= 15 is 0 Å². The number of benzene rings is 3. The van der Waals surface area contributed by atoms with Crippen LogP contribution in [0.3, 0.4) is 0 Å². The van der Waals surface area contributed by atoms with Gasteiger partial charge in [0.2, 0.25) is 15.9 Å². The number of nitrogens with one attached hydrogen (secondary N) is 1. The number of carbonyl (C=O) groups excluding carboxylic acids is 1. The number of sulfonamides is 1. The molecule has 1 aliphatic heterocycles. The normalized spacial score (nSPS) is 17.7. The van der Waals surface area contributed by atoms with E-state index in [-0.39, 0.29) is 17.3 Å². The van der Waals surface area contributed by atoms with E-state index in [4.69, 9.17) is 0 Å². The Hall–Kier alpha value is -2.81. The minimum atomic E-state index is -3.61. The SMILES string of the molecule is O=C(Nc1nc2c(ccc3ccccc32)s1)C1CCCN(S(=O)(=O)c2ccccc2)C1. The van der Waals surface area contributed by atoms with Gasteiger partial charge in [-0.1, -0.05) is 59.9 Å². The zero-order valence-electron chi connectivity index (χ0n) is 16.7. The second-order valence-corrected chi connectivity index (χ2v) is 10.6. The zero-order valence-corrected chi connectivity index (χ0v) is 18.3. The molecule has 6 nitrogen and oxygen atoms in total.